The van der Waals surface area contributed by atoms with E-state index in [2.05, 4.69) is 0 Å². The van der Waals surface area contributed by atoms with Crippen LogP contribution in [0, 0.1) is 0 Å². The third-order valence-electron chi connectivity index (χ3n) is 5.65. The lowest BCUT2D eigenvalue weighted by Gasteiger charge is -2.27. The van der Waals surface area contributed by atoms with Crippen LogP contribution in [-0.4, -0.2) is 31.2 Å². The van der Waals surface area contributed by atoms with Gasteiger partial charge in [0.2, 0.25) is 0 Å². The Morgan fingerprint density at radius 1 is 1.10 bits per heavy atom. The Hall–Kier alpha value is -3.12. The van der Waals surface area contributed by atoms with Gasteiger partial charge in [0, 0.05) is 17.7 Å². The van der Waals surface area contributed by atoms with E-state index in [0.29, 0.717) is 33.8 Å². The molecule has 2 aliphatic heterocycles. The van der Waals surface area contributed by atoms with Crippen LogP contribution >= 0.6 is 0 Å². The summed E-state index contributed by atoms with van der Waals surface area (Å²) in [5.74, 6) is 0.656. The van der Waals surface area contributed by atoms with Crippen molar-refractivity contribution in [3.8, 4) is 22.8 Å². The second-order valence-electron chi connectivity index (χ2n) is 7.86. The van der Waals surface area contributed by atoms with Crippen LogP contribution in [0.4, 0.5) is 0 Å². The summed E-state index contributed by atoms with van der Waals surface area (Å²) in [7, 11) is 1.49. The number of fused-ring (bicyclic) bond motifs is 5. The summed E-state index contributed by atoms with van der Waals surface area (Å²) in [6, 6.07) is 12.5. The van der Waals surface area contributed by atoms with Gasteiger partial charge in [0.15, 0.2) is 11.2 Å². The van der Waals surface area contributed by atoms with Crippen LogP contribution in [0.3, 0.4) is 0 Å². The SMILES string of the molecule is COc1cc2c(c3oc(-c4ccccc4)cc(=O)c13)[C@@H]1C(=O)C(C)(C)O[C@H]1CO2. The molecule has 29 heavy (non-hydrogen) atoms. The third kappa shape index (κ3) is 2.59. The van der Waals surface area contributed by atoms with E-state index in [1.807, 2.05) is 30.3 Å². The Bertz CT molecular complexity index is 1190. The first kappa shape index (κ1) is 17.9. The van der Waals surface area contributed by atoms with Gasteiger partial charge in [-0.25, -0.2) is 0 Å². The molecule has 2 aromatic carbocycles. The van der Waals surface area contributed by atoms with Crippen LogP contribution in [0.1, 0.15) is 25.3 Å². The van der Waals surface area contributed by atoms with Gasteiger partial charge >= 0.3 is 0 Å². The first-order valence-electron chi connectivity index (χ1n) is 9.50. The molecule has 148 valence electrons. The maximum Gasteiger partial charge on any atom is 0.197 e. The molecule has 6 heteroatoms. The monoisotopic (exact) mass is 392 g/mol. The van der Waals surface area contributed by atoms with Crippen LogP contribution in [0.2, 0.25) is 0 Å². The highest BCUT2D eigenvalue weighted by molar-refractivity contribution is 6.01. The first-order chi connectivity index (χ1) is 13.9. The van der Waals surface area contributed by atoms with Crippen LogP contribution in [0.15, 0.2) is 51.7 Å². The standard InChI is InChI=1S/C23H20O6/c1-23(2)22(25)20-17(29-23)11-27-16-10-15(26-3)18-13(24)9-14(28-21(18)19(16)20)12-7-5-4-6-8-12/h4-10,17,20H,11H2,1-3H3/t17-,20+/m0/s1. The van der Waals surface area contributed by atoms with E-state index >= 15 is 0 Å². The lowest BCUT2D eigenvalue weighted by molar-refractivity contribution is -0.130. The van der Waals surface area contributed by atoms with Crippen LogP contribution < -0.4 is 14.9 Å². The van der Waals surface area contributed by atoms with Crippen molar-refractivity contribution in [2.75, 3.05) is 13.7 Å². The molecule has 0 saturated carbocycles. The minimum absolute atomic E-state index is 0.0497. The zero-order chi connectivity index (χ0) is 20.3. The van der Waals surface area contributed by atoms with Crippen molar-refractivity contribution >= 4 is 16.8 Å². The summed E-state index contributed by atoms with van der Waals surface area (Å²) in [4.78, 5) is 26.2. The predicted molar refractivity (Wildman–Crippen MR) is 107 cm³/mol. The van der Waals surface area contributed by atoms with Crippen molar-refractivity contribution in [2.24, 2.45) is 0 Å². The number of ketones is 1. The Labute approximate surface area is 167 Å². The molecule has 5 rings (SSSR count). The minimum atomic E-state index is -0.927. The van der Waals surface area contributed by atoms with Crippen molar-refractivity contribution in [3.63, 3.8) is 0 Å². The van der Waals surface area contributed by atoms with E-state index in [0.717, 1.165) is 5.56 Å². The van der Waals surface area contributed by atoms with Gasteiger partial charge in [-0.15, -0.1) is 0 Å². The molecular weight excluding hydrogens is 372 g/mol. The number of carbonyl (C=O) groups is 1. The Balaban J connectivity index is 1.85. The molecule has 0 aliphatic carbocycles. The minimum Gasteiger partial charge on any atom is -0.496 e. The molecule has 0 bridgehead atoms. The normalized spacial score (nSPS) is 22.1. The van der Waals surface area contributed by atoms with E-state index < -0.39 is 17.6 Å². The van der Waals surface area contributed by atoms with Crippen LogP contribution in [0.5, 0.6) is 11.5 Å². The van der Waals surface area contributed by atoms with Crippen molar-refractivity contribution in [2.45, 2.75) is 31.5 Å². The topological polar surface area (TPSA) is 75.0 Å². The van der Waals surface area contributed by atoms with Crippen LogP contribution in [-0.2, 0) is 9.53 Å². The second kappa shape index (κ2) is 6.19. The smallest absolute Gasteiger partial charge is 0.197 e. The second-order valence-corrected chi connectivity index (χ2v) is 7.86. The molecule has 0 radical (unpaired) electrons. The first-order valence-corrected chi connectivity index (χ1v) is 9.50. The molecule has 0 spiro atoms. The quantitative estimate of drug-likeness (QED) is 0.662. The number of hydrogen-bond acceptors (Lipinski definition) is 6. The molecule has 3 aromatic rings. The lowest BCUT2D eigenvalue weighted by atomic mass is 9.83. The molecule has 2 aliphatic rings. The van der Waals surface area contributed by atoms with Crippen molar-refractivity contribution in [3.05, 3.63) is 58.3 Å². The number of Topliss-reactive ketones (excluding diaryl/α,β-unsaturated/α-hetero) is 1. The van der Waals surface area contributed by atoms with Gasteiger partial charge in [0.25, 0.3) is 0 Å². The number of ether oxygens (including phenoxy) is 3. The number of methoxy groups -OCH3 is 1. The highest BCUT2D eigenvalue weighted by Crippen LogP contribution is 2.49. The summed E-state index contributed by atoms with van der Waals surface area (Å²) >= 11 is 0. The van der Waals surface area contributed by atoms with Gasteiger partial charge in [0.1, 0.15) is 46.5 Å². The van der Waals surface area contributed by atoms with Crippen LogP contribution in [0.25, 0.3) is 22.3 Å². The summed E-state index contributed by atoms with van der Waals surface area (Å²) in [5.41, 5.74) is 0.477. The number of benzene rings is 2. The van der Waals surface area contributed by atoms with E-state index in [-0.39, 0.29) is 17.8 Å². The molecule has 0 N–H and O–H groups in total. The molecule has 1 aromatic heterocycles. The Morgan fingerprint density at radius 2 is 1.86 bits per heavy atom. The number of carbonyl (C=O) groups excluding carboxylic acids is 1. The van der Waals surface area contributed by atoms with Gasteiger partial charge in [-0.2, -0.15) is 0 Å². The van der Waals surface area contributed by atoms with Gasteiger partial charge in [-0.3, -0.25) is 9.59 Å². The fraction of sp³-hybridized carbons (Fsp3) is 0.304. The maximum atomic E-state index is 13.1. The lowest BCUT2D eigenvalue weighted by Crippen LogP contribution is -2.31. The van der Waals surface area contributed by atoms with Gasteiger partial charge < -0.3 is 18.6 Å². The summed E-state index contributed by atoms with van der Waals surface area (Å²) in [6.45, 7) is 3.76. The van der Waals surface area contributed by atoms with Crippen molar-refractivity contribution in [1.29, 1.82) is 0 Å². The number of hydrogen-bond donors (Lipinski definition) is 0. The van der Waals surface area contributed by atoms with E-state index in [4.69, 9.17) is 18.6 Å². The van der Waals surface area contributed by atoms with Gasteiger partial charge in [-0.05, 0) is 13.8 Å². The largest absolute Gasteiger partial charge is 0.496 e. The van der Waals surface area contributed by atoms with Gasteiger partial charge in [0.05, 0.1) is 18.6 Å². The zero-order valence-electron chi connectivity index (χ0n) is 16.4. The predicted octanol–water partition coefficient (Wildman–Crippen LogP) is 3.69. The average Bonchev–Trinajstić information content (AvgIpc) is 2.96. The highest BCUT2D eigenvalue weighted by atomic mass is 16.6. The average molecular weight is 392 g/mol. The van der Waals surface area contributed by atoms with E-state index in [1.165, 1.54) is 13.2 Å². The summed E-state index contributed by atoms with van der Waals surface area (Å²) in [6.07, 6.45) is -0.424. The molecular formula is C23H20O6. The Kier molecular flexibility index (Phi) is 3.83. The fourth-order valence-electron chi connectivity index (χ4n) is 4.28. The number of rotatable bonds is 2. The fourth-order valence-corrected chi connectivity index (χ4v) is 4.28. The van der Waals surface area contributed by atoms with Crippen molar-refractivity contribution in [1.82, 2.24) is 0 Å². The Morgan fingerprint density at radius 3 is 2.59 bits per heavy atom. The molecule has 0 unspecified atom stereocenters. The molecule has 6 nitrogen and oxygen atoms in total. The zero-order valence-corrected chi connectivity index (χ0v) is 16.4. The highest BCUT2D eigenvalue weighted by Gasteiger charge is 2.53. The summed E-state index contributed by atoms with van der Waals surface area (Å²) < 4.78 is 23.5. The third-order valence-corrected chi connectivity index (χ3v) is 5.65. The summed E-state index contributed by atoms with van der Waals surface area (Å²) in [5, 5.41) is 0.299. The molecule has 2 atom stereocenters. The molecule has 0 amide bonds. The van der Waals surface area contributed by atoms with Gasteiger partial charge in [-0.1, -0.05) is 30.3 Å². The van der Waals surface area contributed by atoms with E-state index in [9.17, 15) is 9.59 Å². The molecule has 3 heterocycles. The molecule has 1 saturated heterocycles. The molecule has 1 fully saturated rings. The van der Waals surface area contributed by atoms with E-state index in [1.54, 1.807) is 19.9 Å². The maximum absolute atomic E-state index is 13.1. The van der Waals surface area contributed by atoms with Crippen molar-refractivity contribution < 1.29 is 23.4 Å².